The summed E-state index contributed by atoms with van der Waals surface area (Å²) in [4.78, 5) is 10.9. The molecule has 0 atom stereocenters. The van der Waals surface area contributed by atoms with Gasteiger partial charge < -0.3 is 14.8 Å². The van der Waals surface area contributed by atoms with Gasteiger partial charge in [0.15, 0.2) is 0 Å². The van der Waals surface area contributed by atoms with Gasteiger partial charge in [0.1, 0.15) is 11.3 Å². The Morgan fingerprint density at radius 2 is 2.28 bits per heavy atom. The molecule has 1 fully saturated rings. The maximum absolute atomic E-state index is 10.9. The second-order valence-corrected chi connectivity index (χ2v) is 6.03. The smallest absolute Gasteiger partial charge is 0.339 e. The van der Waals surface area contributed by atoms with Crippen LogP contribution >= 0.6 is 11.8 Å². The van der Waals surface area contributed by atoms with Gasteiger partial charge in [-0.05, 0) is 25.2 Å². The lowest BCUT2D eigenvalue weighted by Crippen LogP contribution is -2.34. The summed E-state index contributed by atoms with van der Waals surface area (Å²) in [6.07, 6.45) is 8.66. The van der Waals surface area contributed by atoms with Crippen LogP contribution in [-0.4, -0.2) is 28.6 Å². The Morgan fingerprint density at radius 3 is 2.89 bits per heavy atom. The summed E-state index contributed by atoms with van der Waals surface area (Å²) in [6.45, 7) is 1.39. The van der Waals surface area contributed by atoms with Crippen LogP contribution in [0.2, 0.25) is 0 Å². The van der Waals surface area contributed by atoms with E-state index in [4.69, 9.17) is 9.52 Å². The number of furan rings is 1. The molecule has 100 valence electrons. The van der Waals surface area contributed by atoms with Crippen LogP contribution < -0.4 is 5.32 Å². The van der Waals surface area contributed by atoms with Crippen molar-refractivity contribution >= 4 is 17.7 Å². The average Bonchev–Trinajstić information content (AvgIpc) is 2.98. The number of rotatable bonds is 6. The third-order valence-corrected chi connectivity index (χ3v) is 5.07. The number of thioether (sulfide) groups is 1. The minimum absolute atomic E-state index is 0.257. The van der Waals surface area contributed by atoms with Gasteiger partial charge in [0.2, 0.25) is 0 Å². The lowest BCUT2D eigenvalue weighted by molar-refractivity contribution is 0.0694. The highest BCUT2D eigenvalue weighted by atomic mass is 32.2. The number of carbonyl (C=O) groups is 1. The first-order valence-corrected chi connectivity index (χ1v) is 7.45. The Kier molecular flexibility index (Phi) is 4.35. The van der Waals surface area contributed by atoms with E-state index in [1.165, 1.54) is 38.0 Å². The molecule has 0 spiro atoms. The highest BCUT2D eigenvalue weighted by molar-refractivity contribution is 8.00. The van der Waals surface area contributed by atoms with Gasteiger partial charge in [0.05, 0.1) is 12.8 Å². The summed E-state index contributed by atoms with van der Waals surface area (Å²) in [5, 5.41) is 12.3. The topological polar surface area (TPSA) is 62.5 Å². The fourth-order valence-corrected chi connectivity index (χ4v) is 3.49. The molecule has 18 heavy (non-hydrogen) atoms. The van der Waals surface area contributed by atoms with Crippen molar-refractivity contribution in [3.63, 3.8) is 0 Å². The van der Waals surface area contributed by atoms with E-state index >= 15 is 0 Å². The zero-order chi connectivity index (χ0) is 13.0. The summed E-state index contributed by atoms with van der Waals surface area (Å²) in [6, 6.07) is 1.50. The van der Waals surface area contributed by atoms with Crippen molar-refractivity contribution in [3.05, 3.63) is 23.7 Å². The minimum Gasteiger partial charge on any atom is -0.478 e. The molecule has 0 aromatic carbocycles. The summed E-state index contributed by atoms with van der Waals surface area (Å²) in [7, 11) is 0. The first kappa shape index (κ1) is 13.5. The molecule has 1 aliphatic carbocycles. The van der Waals surface area contributed by atoms with Gasteiger partial charge in [-0.2, -0.15) is 11.8 Å². The van der Waals surface area contributed by atoms with Crippen molar-refractivity contribution < 1.29 is 14.3 Å². The monoisotopic (exact) mass is 269 g/mol. The van der Waals surface area contributed by atoms with Crippen molar-refractivity contribution in [2.45, 2.75) is 37.0 Å². The van der Waals surface area contributed by atoms with Crippen LogP contribution in [-0.2, 0) is 6.54 Å². The molecule has 0 aliphatic heterocycles. The molecule has 1 aromatic rings. The average molecular weight is 269 g/mol. The standard InChI is InChI=1S/C13H19NO3S/c1-18-13(5-2-3-6-13)9-14-8-11-10(12(15)16)4-7-17-11/h4,7,14H,2-3,5-6,8-9H2,1H3,(H,15,16). The molecule has 0 amide bonds. The summed E-state index contributed by atoms with van der Waals surface area (Å²) >= 11 is 1.92. The van der Waals surface area contributed by atoms with Crippen molar-refractivity contribution in [1.82, 2.24) is 5.32 Å². The zero-order valence-electron chi connectivity index (χ0n) is 10.6. The molecule has 0 radical (unpaired) electrons. The number of aromatic carboxylic acids is 1. The van der Waals surface area contributed by atoms with Crippen LogP contribution in [0.4, 0.5) is 0 Å². The number of carboxylic acid groups (broad SMARTS) is 1. The van der Waals surface area contributed by atoms with Gasteiger partial charge in [0, 0.05) is 11.3 Å². The number of hydrogen-bond acceptors (Lipinski definition) is 4. The molecule has 0 bridgehead atoms. The van der Waals surface area contributed by atoms with E-state index in [0.29, 0.717) is 17.1 Å². The fraction of sp³-hybridized carbons (Fsp3) is 0.615. The van der Waals surface area contributed by atoms with Crippen molar-refractivity contribution in [2.24, 2.45) is 0 Å². The summed E-state index contributed by atoms with van der Waals surface area (Å²) in [5.74, 6) is -0.419. The van der Waals surface area contributed by atoms with Gasteiger partial charge in [0.25, 0.3) is 0 Å². The molecule has 1 heterocycles. The lowest BCUT2D eigenvalue weighted by atomic mass is 10.1. The molecule has 1 aliphatic rings. The maximum Gasteiger partial charge on any atom is 0.339 e. The third kappa shape index (κ3) is 2.90. The summed E-state index contributed by atoms with van der Waals surface area (Å²) < 4.78 is 5.54. The van der Waals surface area contributed by atoms with Crippen LogP contribution in [0, 0.1) is 0 Å². The molecule has 1 aromatic heterocycles. The fourth-order valence-electron chi connectivity index (χ4n) is 2.54. The predicted octanol–water partition coefficient (Wildman–Crippen LogP) is 2.74. The van der Waals surface area contributed by atoms with Crippen molar-refractivity contribution in [3.8, 4) is 0 Å². The molecule has 2 N–H and O–H groups in total. The molecule has 0 unspecified atom stereocenters. The minimum atomic E-state index is -0.930. The lowest BCUT2D eigenvalue weighted by Gasteiger charge is -2.26. The second kappa shape index (κ2) is 5.80. The summed E-state index contributed by atoms with van der Waals surface area (Å²) in [5.41, 5.74) is 0.257. The Labute approximate surface area is 111 Å². The highest BCUT2D eigenvalue weighted by Crippen LogP contribution is 2.39. The molecular weight excluding hydrogens is 250 g/mol. The van der Waals surface area contributed by atoms with Crippen LogP contribution in [0.25, 0.3) is 0 Å². The van der Waals surface area contributed by atoms with Gasteiger partial charge in [-0.3, -0.25) is 0 Å². The van der Waals surface area contributed by atoms with Gasteiger partial charge >= 0.3 is 5.97 Å². The van der Waals surface area contributed by atoms with E-state index in [1.54, 1.807) is 0 Å². The van der Waals surface area contributed by atoms with E-state index in [1.807, 2.05) is 11.8 Å². The number of carboxylic acids is 1. The number of hydrogen-bond donors (Lipinski definition) is 2. The normalized spacial score (nSPS) is 18.1. The quantitative estimate of drug-likeness (QED) is 0.831. The zero-order valence-corrected chi connectivity index (χ0v) is 11.4. The molecule has 2 rings (SSSR count). The SMILES string of the molecule is CSC1(CNCc2occc2C(=O)O)CCCC1. The molecular formula is C13H19NO3S. The first-order valence-electron chi connectivity index (χ1n) is 6.22. The van der Waals surface area contributed by atoms with E-state index in [2.05, 4.69) is 11.6 Å². The van der Waals surface area contributed by atoms with Crippen LogP contribution in [0.3, 0.4) is 0 Å². The van der Waals surface area contributed by atoms with E-state index in [0.717, 1.165) is 6.54 Å². The second-order valence-electron chi connectivity index (χ2n) is 4.76. The number of nitrogens with one attached hydrogen (secondary N) is 1. The largest absolute Gasteiger partial charge is 0.478 e. The Morgan fingerprint density at radius 1 is 1.56 bits per heavy atom. The van der Waals surface area contributed by atoms with Crippen molar-refractivity contribution in [2.75, 3.05) is 12.8 Å². The van der Waals surface area contributed by atoms with E-state index in [-0.39, 0.29) is 5.56 Å². The first-order chi connectivity index (χ1) is 8.67. The van der Waals surface area contributed by atoms with Crippen LogP contribution in [0.5, 0.6) is 0 Å². The molecule has 0 saturated heterocycles. The predicted molar refractivity (Wildman–Crippen MR) is 72.1 cm³/mol. The molecule has 1 saturated carbocycles. The van der Waals surface area contributed by atoms with Gasteiger partial charge in [-0.25, -0.2) is 4.79 Å². The van der Waals surface area contributed by atoms with Crippen LogP contribution in [0.1, 0.15) is 41.8 Å². The van der Waals surface area contributed by atoms with Crippen LogP contribution in [0.15, 0.2) is 16.7 Å². The Hall–Kier alpha value is -0.940. The maximum atomic E-state index is 10.9. The molecule has 4 nitrogen and oxygen atoms in total. The Balaban J connectivity index is 1.88. The molecule has 5 heteroatoms. The van der Waals surface area contributed by atoms with E-state index in [9.17, 15) is 4.79 Å². The third-order valence-electron chi connectivity index (χ3n) is 3.66. The van der Waals surface area contributed by atoms with E-state index < -0.39 is 5.97 Å². The highest BCUT2D eigenvalue weighted by Gasteiger charge is 2.32. The van der Waals surface area contributed by atoms with Crippen molar-refractivity contribution in [1.29, 1.82) is 0 Å². The van der Waals surface area contributed by atoms with Gasteiger partial charge in [-0.15, -0.1) is 0 Å². The Bertz CT molecular complexity index is 410. The van der Waals surface area contributed by atoms with Gasteiger partial charge in [-0.1, -0.05) is 12.8 Å².